The minimum absolute atomic E-state index is 0.0471. The predicted octanol–water partition coefficient (Wildman–Crippen LogP) is 2.62. The van der Waals surface area contributed by atoms with E-state index in [4.69, 9.17) is 4.74 Å². The van der Waals surface area contributed by atoms with E-state index >= 15 is 0 Å². The monoisotopic (exact) mass is 424 g/mol. The third kappa shape index (κ3) is 3.69. The first-order valence-electron chi connectivity index (χ1n) is 9.39. The topological polar surface area (TPSA) is 102 Å². The van der Waals surface area contributed by atoms with E-state index in [2.05, 4.69) is 20.4 Å². The summed E-state index contributed by atoms with van der Waals surface area (Å²) in [7, 11) is 0. The Bertz CT molecular complexity index is 1080. The molecule has 1 aromatic carbocycles. The maximum atomic E-state index is 12.9. The smallest absolute Gasteiger partial charge is 0.338 e. The molecule has 2 aromatic heterocycles. The Morgan fingerprint density at radius 1 is 1.23 bits per heavy atom. The van der Waals surface area contributed by atoms with Crippen molar-refractivity contribution in [2.45, 2.75) is 19.9 Å². The van der Waals surface area contributed by atoms with Gasteiger partial charge in [0, 0.05) is 17.3 Å². The largest absolute Gasteiger partial charge is 0.463 e. The number of allylic oxidation sites excluding steroid dienone is 1. The Kier molecular flexibility index (Phi) is 5.57. The van der Waals surface area contributed by atoms with Crippen LogP contribution < -0.4 is 10.2 Å². The minimum atomic E-state index is -0.499. The van der Waals surface area contributed by atoms with Crippen LogP contribution >= 0.6 is 11.3 Å². The molecule has 1 amide bonds. The highest BCUT2D eigenvalue weighted by atomic mass is 32.1. The maximum absolute atomic E-state index is 12.9. The third-order valence-corrected chi connectivity index (χ3v) is 5.39. The van der Waals surface area contributed by atoms with Gasteiger partial charge in [-0.3, -0.25) is 4.79 Å². The molecule has 4 rings (SSSR count). The van der Waals surface area contributed by atoms with Gasteiger partial charge in [0.25, 0.3) is 0 Å². The molecule has 3 heterocycles. The number of aromatic nitrogens is 4. The summed E-state index contributed by atoms with van der Waals surface area (Å²) in [5.41, 5.74) is 1.89. The molecule has 0 aliphatic carbocycles. The van der Waals surface area contributed by atoms with E-state index in [1.807, 2.05) is 30.3 Å². The number of hydrogen-bond donors (Lipinski definition) is 1. The van der Waals surface area contributed by atoms with Crippen molar-refractivity contribution in [3.8, 4) is 0 Å². The molecule has 0 spiro atoms. The molecule has 1 aliphatic rings. The molecule has 1 N–H and O–H groups in total. The van der Waals surface area contributed by atoms with Gasteiger partial charge in [0.15, 0.2) is 5.13 Å². The molecular weight excluding hydrogens is 404 g/mol. The molecule has 0 saturated heterocycles. The standard InChI is InChI=1S/C20H20N6O3S/c1-3-29-18(28)16-13(2)25(11-15(27)24-19-21-9-10-30-19)20-22-12-23-26(20)17(16)14-7-5-4-6-8-14/h4-10,12,17H,3,11H2,1-2H3,(H,21,24,27)/t17-/m0/s1. The van der Waals surface area contributed by atoms with Crippen molar-refractivity contribution in [1.29, 1.82) is 0 Å². The first-order chi connectivity index (χ1) is 14.6. The van der Waals surface area contributed by atoms with Crippen LogP contribution in [0.5, 0.6) is 0 Å². The van der Waals surface area contributed by atoms with Crippen LogP contribution in [-0.4, -0.2) is 44.8 Å². The summed E-state index contributed by atoms with van der Waals surface area (Å²) in [4.78, 5) is 35.7. The lowest BCUT2D eigenvalue weighted by atomic mass is 9.95. The van der Waals surface area contributed by atoms with E-state index in [-0.39, 0.29) is 19.1 Å². The summed E-state index contributed by atoms with van der Waals surface area (Å²) in [6, 6.07) is 9.06. The van der Waals surface area contributed by atoms with Gasteiger partial charge in [-0.05, 0) is 19.4 Å². The summed E-state index contributed by atoms with van der Waals surface area (Å²) in [6.45, 7) is 3.74. The zero-order chi connectivity index (χ0) is 21.1. The molecule has 0 radical (unpaired) electrons. The molecule has 1 atom stereocenters. The molecule has 10 heteroatoms. The Balaban J connectivity index is 1.75. The van der Waals surface area contributed by atoms with Gasteiger partial charge in [0.2, 0.25) is 11.9 Å². The number of hydrogen-bond acceptors (Lipinski definition) is 8. The highest BCUT2D eigenvalue weighted by Gasteiger charge is 2.38. The van der Waals surface area contributed by atoms with E-state index in [0.717, 1.165) is 5.56 Å². The number of fused-ring (bicyclic) bond motifs is 1. The number of carbonyl (C=O) groups is 2. The van der Waals surface area contributed by atoms with Crippen molar-refractivity contribution in [3.05, 3.63) is 65.1 Å². The first kappa shape index (κ1) is 19.8. The van der Waals surface area contributed by atoms with Crippen LogP contribution in [0.15, 0.2) is 59.5 Å². The van der Waals surface area contributed by atoms with Gasteiger partial charge in [-0.25, -0.2) is 14.5 Å². The van der Waals surface area contributed by atoms with Crippen LogP contribution in [0.1, 0.15) is 25.5 Å². The van der Waals surface area contributed by atoms with Crippen molar-refractivity contribution in [1.82, 2.24) is 19.7 Å². The van der Waals surface area contributed by atoms with Gasteiger partial charge in [0.1, 0.15) is 18.9 Å². The molecule has 30 heavy (non-hydrogen) atoms. The van der Waals surface area contributed by atoms with Crippen molar-refractivity contribution in [2.24, 2.45) is 0 Å². The van der Waals surface area contributed by atoms with Gasteiger partial charge in [-0.2, -0.15) is 10.1 Å². The molecule has 3 aromatic rings. The number of benzene rings is 1. The quantitative estimate of drug-likeness (QED) is 0.607. The van der Waals surface area contributed by atoms with Crippen LogP contribution in [0.2, 0.25) is 0 Å². The zero-order valence-electron chi connectivity index (χ0n) is 16.5. The number of rotatable bonds is 6. The fourth-order valence-electron chi connectivity index (χ4n) is 3.42. The second-order valence-corrected chi connectivity index (χ2v) is 7.40. The van der Waals surface area contributed by atoms with Gasteiger partial charge >= 0.3 is 5.97 Å². The number of esters is 1. The number of thiazole rings is 1. The highest BCUT2D eigenvalue weighted by Crippen LogP contribution is 2.38. The molecule has 0 fully saturated rings. The van der Waals surface area contributed by atoms with Crippen LogP contribution in [0.25, 0.3) is 0 Å². The summed E-state index contributed by atoms with van der Waals surface area (Å²) in [5, 5.41) is 9.40. The fraction of sp³-hybridized carbons (Fsp3) is 0.250. The van der Waals surface area contributed by atoms with E-state index in [0.29, 0.717) is 22.4 Å². The molecule has 0 bridgehead atoms. The molecular formula is C20H20N6O3S. The first-order valence-corrected chi connectivity index (χ1v) is 10.3. The summed E-state index contributed by atoms with van der Waals surface area (Å²) >= 11 is 1.33. The average Bonchev–Trinajstić information content (AvgIpc) is 3.42. The van der Waals surface area contributed by atoms with Crippen LogP contribution in [0.4, 0.5) is 11.1 Å². The van der Waals surface area contributed by atoms with Gasteiger partial charge in [-0.15, -0.1) is 11.3 Å². The summed E-state index contributed by atoms with van der Waals surface area (Å²) < 4.78 is 6.98. The lowest BCUT2D eigenvalue weighted by molar-refractivity contribution is -0.139. The Morgan fingerprint density at radius 3 is 2.73 bits per heavy atom. The summed E-state index contributed by atoms with van der Waals surface area (Å²) in [6.07, 6.45) is 3.03. The van der Waals surface area contributed by atoms with E-state index in [1.54, 1.807) is 35.0 Å². The van der Waals surface area contributed by atoms with Gasteiger partial charge in [0.05, 0.1) is 12.2 Å². The van der Waals surface area contributed by atoms with Crippen LogP contribution in [0.3, 0.4) is 0 Å². The van der Waals surface area contributed by atoms with Crippen molar-refractivity contribution >= 4 is 34.3 Å². The Morgan fingerprint density at radius 2 is 2.03 bits per heavy atom. The second kappa shape index (κ2) is 8.46. The molecule has 1 aliphatic heterocycles. The normalized spacial score (nSPS) is 15.7. The molecule has 9 nitrogen and oxygen atoms in total. The lowest BCUT2D eigenvalue weighted by Gasteiger charge is -2.34. The number of anilines is 2. The molecule has 154 valence electrons. The van der Waals surface area contributed by atoms with Gasteiger partial charge < -0.3 is 15.0 Å². The van der Waals surface area contributed by atoms with Crippen molar-refractivity contribution < 1.29 is 14.3 Å². The summed E-state index contributed by atoms with van der Waals surface area (Å²) in [5.74, 6) is -0.251. The fourth-order valence-corrected chi connectivity index (χ4v) is 3.97. The van der Waals surface area contributed by atoms with Crippen LogP contribution in [-0.2, 0) is 14.3 Å². The zero-order valence-corrected chi connectivity index (χ0v) is 17.3. The highest BCUT2D eigenvalue weighted by molar-refractivity contribution is 7.13. The second-order valence-electron chi connectivity index (χ2n) is 6.51. The predicted molar refractivity (Wildman–Crippen MR) is 112 cm³/mol. The van der Waals surface area contributed by atoms with Crippen molar-refractivity contribution in [3.63, 3.8) is 0 Å². The SMILES string of the molecule is CCOC(=O)C1=C(C)N(CC(=O)Nc2nccs2)c2ncnn2[C@H]1c1ccccc1. The Hall–Kier alpha value is -3.53. The average molecular weight is 424 g/mol. The van der Waals surface area contributed by atoms with Crippen LogP contribution in [0, 0.1) is 0 Å². The maximum Gasteiger partial charge on any atom is 0.338 e. The number of nitrogens with one attached hydrogen (secondary N) is 1. The molecule has 0 saturated carbocycles. The number of carbonyl (C=O) groups excluding carboxylic acids is 2. The molecule has 0 unspecified atom stereocenters. The Labute approximate surface area is 177 Å². The minimum Gasteiger partial charge on any atom is -0.463 e. The van der Waals surface area contributed by atoms with Gasteiger partial charge in [-0.1, -0.05) is 30.3 Å². The number of amides is 1. The number of ether oxygens (including phenoxy) is 1. The lowest BCUT2D eigenvalue weighted by Crippen LogP contribution is -2.40. The van der Waals surface area contributed by atoms with Crippen molar-refractivity contribution in [2.75, 3.05) is 23.4 Å². The van der Waals surface area contributed by atoms with E-state index in [9.17, 15) is 9.59 Å². The third-order valence-electron chi connectivity index (χ3n) is 4.70. The number of nitrogens with zero attached hydrogens (tertiary/aromatic N) is 5. The van der Waals surface area contributed by atoms with E-state index < -0.39 is 12.0 Å². The van der Waals surface area contributed by atoms with E-state index in [1.165, 1.54) is 17.7 Å².